The third kappa shape index (κ3) is 11.3. The van der Waals surface area contributed by atoms with E-state index in [9.17, 15) is 30.0 Å². The van der Waals surface area contributed by atoms with Crippen molar-refractivity contribution in [3.63, 3.8) is 0 Å². The number of cyclic esters (lactones) is 1. The van der Waals surface area contributed by atoms with E-state index in [0.29, 0.717) is 6.42 Å². The first-order valence-corrected chi connectivity index (χ1v) is 15.0. The van der Waals surface area contributed by atoms with Gasteiger partial charge < -0.3 is 35.6 Å². The lowest BCUT2D eigenvalue weighted by Crippen LogP contribution is -2.47. The van der Waals surface area contributed by atoms with Gasteiger partial charge in [0, 0.05) is 36.0 Å². The average Bonchev–Trinajstić information content (AvgIpc) is 2.93. The lowest BCUT2D eigenvalue weighted by Gasteiger charge is -2.36. The molecule has 0 radical (unpaired) electrons. The number of carbonyl (C=O) groups excluding carboxylic acids is 2. The fraction of sp³-hybridized carbons (Fsp3) is 0.697. The zero-order valence-corrected chi connectivity index (χ0v) is 26.6. The second kappa shape index (κ2) is 17.6. The monoisotopic (exact) mass is 593 g/mol. The van der Waals surface area contributed by atoms with Crippen LogP contribution in [-0.2, 0) is 14.3 Å². The molecule has 6 N–H and O–H groups in total. The molecular weight excluding hydrogens is 538 g/mol. The Morgan fingerprint density at radius 2 is 1.64 bits per heavy atom. The van der Waals surface area contributed by atoms with Crippen molar-refractivity contribution in [2.24, 2.45) is 47.2 Å². The summed E-state index contributed by atoms with van der Waals surface area (Å²) >= 11 is 0. The second-order valence-corrected chi connectivity index (χ2v) is 12.4. The molecule has 240 valence electrons. The van der Waals surface area contributed by atoms with Gasteiger partial charge in [0.2, 0.25) is 0 Å². The van der Waals surface area contributed by atoms with Gasteiger partial charge in [-0.2, -0.15) is 0 Å². The number of primary amides is 1. The van der Waals surface area contributed by atoms with Gasteiger partial charge in [-0.3, -0.25) is 4.79 Å². The third-order valence-corrected chi connectivity index (χ3v) is 8.62. The van der Waals surface area contributed by atoms with E-state index in [1.54, 1.807) is 38.2 Å². The maximum Gasteiger partial charge on any atom is 0.404 e. The van der Waals surface area contributed by atoms with E-state index in [4.69, 9.17) is 15.2 Å². The zero-order chi connectivity index (χ0) is 32.3. The van der Waals surface area contributed by atoms with Crippen LogP contribution in [0.4, 0.5) is 4.79 Å². The number of hydrogen-bond acceptors (Lipinski definition) is 8. The fourth-order valence-corrected chi connectivity index (χ4v) is 5.80. The Hall–Kier alpha value is -2.46. The highest BCUT2D eigenvalue weighted by Crippen LogP contribution is 2.30. The number of rotatable bonds is 16. The second-order valence-electron chi connectivity index (χ2n) is 12.4. The van der Waals surface area contributed by atoms with Crippen LogP contribution in [0.15, 0.2) is 48.6 Å². The van der Waals surface area contributed by atoms with Crippen molar-refractivity contribution in [1.82, 2.24) is 0 Å². The Bertz CT molecular complexity index is 962. The highest BCUT2D eigenvalue weighted by atomic mass is 16.6. The van der Waals surface area contributed by atoms with E-state index >= 15 is 0 Å². The number of carbonyl (C=O) groups is 2. The van der Waals surface area contributed by atoms with Gasteiger partial charge in [-0.1, -0.05) is 90.2 Å². The first-order valence-electron chi connectivity index (χ1n) is 15.0. The molecule has 0 aromatic carbocycles. The predicted molar refractivity (Wildman–Crippen MR) is 164 cm³/mol. The highest BCUT2D eigenvalue weighted by Gasteiger charge is 2.41. The lowest BCUT2D eigenvalue weighted by molar-refractivity contribution is -0.179. The van der Waals surface area contributed by atoms with E-state index in [1.807, 2.05) is 53.7 Å². The quantitative estimate of drug-likeness (QED) is 0.101. The summed E-state index contributed by atoms with van der Waals surface area (Å²) in [7, 11) is 0. The van der Waals surface area contributed by atoms with E-state index in [1.165, 1.54) is 0 Å². The molecule has 0 spiro atoms. The van der Waals surface area contributed by atoms with Crippen molar-refractivity contribution in [2.75, 3.05) is 0 Å². The van der Waals surface area contributed by atoms with Gasteiger partial charge in [-0.05, 0) is 26.2 Å². The molecule has 1 saturated heterocycles. The Labute approximate surface area is 252 Å². The molecule has 0 aromatic rings. The molecule has 1 rings (SSSR count). The van der Waals surface area contributed by atoms with Gasteiger partial charge in [-0.25, -0.2) is 4.79 Å². The number of aliphatic hydroxyl groups is 4. The van der Waals surface area contributed by atoms with E-state index in [-0.39, 0.29) is 41.9 Å². The summed E-state index contributed by atoms with van der Waals surface area (Å²) in [4.78, 5) is 23.5. The highest BCUT2D eigenvalue weighted by molar-refractivity contribution is 5.73. The number of nitrogens with two attached hydrogens (primary N) is 1. The topological polar surface area (TPSA) is 160 Å². The summed E-state index contributed by atoms with van der Waals surface area (Å²) in [5.41, 5.74) is 6.30. The Morgan fingerprint density at radius 3 is 2.21 bits per heavy atom. The molecule has 1 amide bonds. The van der Waals surface area contributed by atoms with Gasteiger partial charge in [0.25, 0.3) is 0 Å². The van der Waals surface area contributed by atoms with Gasteiger partial charge in [0.1, 0.15) is 12.2 Å². The van der Waals surface area contributed by atoms with Crippen LogP contribution in [-0.4, -0.2) is 69.1 Å². The molecule has 0 bridgehead atoms. The standard InChI is InChI=1S/C33H55NO8/c1-10-11-12-20(4)31(42-33(34)40)24(8)29(37)22(6)16-18(2)15-21(5)28(36)19(3)13-14-26(35)17-27-23(7)30(38)25(9)32(39)41-27/h10-15,19-31,35-38H,1,16-17H2,2-9H3,(H2,34,40)/b12-11+,14-13+,18-15+/t19-,20-,21-,22-,23-,24-,25+,26+,27-,28-,29+,30-,31-/m0/s1. The SMILES string of the molecule is C=C/C=C/[C@H](C)[C@H](OC(N)=O)[C@@H](C)[C@H](O)[C@@H](C)C/C(C)=C/[C@H](C)[C@@H](O)[C@@H](C)/C=C/[C@@H](O)C[C@@H]1OC(=O)[C@H](C)[C@@H](O)[C@H]1C. The van der Waals surface area contributed by atoms with Crippen molar-refractivity contribution in [1.29, 1.82) is 0 Å². The summed E-state index contributed by atoms with van der Waals surface area (Å²) < 4.78 is 10.8. The maximum absolute atomic E-state index is 12.0. The minimum Gasteiger partial charge on any atom is -0.462 e. The van der Waals surface area contributed by atoms with Crippen LogP contribution in [0.3, 0.4) is 0 Å². The average molecular weight is 594 g/mol. The van der Waals surface area contributed by atoms with Crippen LogP contribution in [0.1, 0.15) is 68.2 Å². The first-order chi connectivity index (χ1) is 19.5. The summed E-state index contributed by atoms with van der Waals surface area (Å²) in [6.45, 7) is 18.5. The molecule has 1 aliphatic heterocycles. The van der Waals surface area contributed by atoms with Crippen LogP contribution in [0, 0.1) is 41.4 Å². The van der Waals surface area contributed by atoms with E-state index < -0.39 is 54.6 Å². The van der Waals surface area contributed by atoms with Gasteiger partial charge >= 0.3 is 12.1 Å². The molecule has 1 aliphatic rings. The molecule has 9 heteroatoms. The molecule has 13 atom stereocenters. The van der Waals surface area contributed by atoms with Crippen LogP contribution in [0.2, 0.25) is 0 Å². The number of esters is 1. The Kier molecular flexibility index (Phi) is 15.7. The molecule has 0 aliphatic carbocycles. The molecule has 42 heavy (non-hydrogen) atoms. The van der Waals surface area contributed by atoms with Gasteiger partial charge in [0.05, 0.1) is 30.3 Å². The predicted octanol–water partition coefficient (Wildman–Crippen LogP) is 4.30. The number of amides is 1. The molecule has 0 aromatic heterocycles. The van der Waals surface area contributed by atoms with Crippen molar-refractivity contribution in [2.45, 2.75) is 105 Å². The number of allylic oxidation sites excluding steroid dienone is 3. The normalized spacial score (nSPS) is 28.3. The van der Waals surface area contributed by atoms with Crippen LogP contribution in [0.25, 0.3) is 0 Å². The largest absolute Gasteiger partial charge is 0.462 e. The van der Waals surface area contributed by atoms with Crippen molar-refractivity contribution in [3.8, 4) is 0 Å². The Morgan fingerprint density at radius 1 is 1.02 bits per heavy atom. The van der Waals surface area contributed by atoms with Crippen LogP contribution in [0.5, 0.6) is 0 Å². The zero-order valence-electron chi connectivity index (χ0n) is 26.6. The molecule has 9 nitrogen and oxygen atoms in total. The first kappa shape index (κ1) is 37.6. The van der Waals surface area contributed by atoms with Crippen molar-refractivity contribution in [3.05, 3.63) is 48.6 Å². The van der Waals surface area contributed by atoms with E-state index in [0.717, 1.165) is 5.57 Å². The molecule has 0 unspecified atom stereocenters. The summed E-state index contributed by atoms with van der Waals surface area (Å²) in [6.07, 6.45) is 6.04. The number of ether oxygens (including phenoxy) is 2. The summed E-state index contributed by atoms with van der Waals surface area (Å²) in [5.74, 6) is -2.52. The Balaban J connectivity index is 2.76. The van der Waals surface area contributed by atoms with Crippen molar-refractivity contribution < 1.29 is 39.5 Å². The van der Waals surface area contributed by atoms with Crippen LogP contribution >= 0.6 is 0 Å². The van der Waals surface area contributed by atoms with Gasteiger partial charge in [0.15, 0.2) is 0 Å². The molecular formula is C33H55NO8. The lowest BCUT2D eigenvalue weighted by atomic mass is 9.81. The van der Waals surface area contributed by atoms with Crippen molar-refractivity contribution >= 4 is 12.1 Å². The summed E-state index contributed by atoms with van der Waals surface area (Å²) in [5, 5.41) is 42.8. The minimum atomic E-state index is -0.894. The minimum absolute atomic E-state index is 0.152. The van der Waals surface area contributed by atoms with Gasteiger partial charge in [-0.15, -0.1) is 0 Å². The maximum atomic E-state index is 12.0. The summed E-state index contributed by atoms with van der Waals surface area (Å²) in [6, 6.07) is 0. The molecule has 0 saturated carbocycles. The molecule has 1 fully saturated rings. The smallest absolute Gasteiger partial charge is 0.404 e. The van der Waals surface area contributed by atoms with E-state index in [2.05, 4.69) is 6.58 Å². The fourth-order valence-electron chi connectivity index (χ4n) is 5.80. The third-order valence-electron chi connectivity index (χ3n) is 8.62. The number of hydrogen-bond donors (Lipinski definition) is 5. The number of aliphatic hydroxyl groups excluding tert-OH is 4. The molecule has 1 heterocycles. The van der Waals surface area contributed by atoms with Crippen LogP contribution < -0.4 is 5.73 Å².